The molecule has 1 aliphatic rings. The second-order valence-electron chi connectivity index (χ2n) is 6.20. The molecule has 2 aromatic rings. The molecule has 3 heteroatoms. The fourth-order valence-corrected chi connectivity index (χ4v) is 2.87. The Morgan fingerprint density at radius 3 is 2.79 bits per heavy atom. The van der Waals surface area contributed by atoms with E-state index in [1.807, 2.05) is 12.1 Å². The highest BCUT2D eigenvalue weighted by Crippen LogP contribution is 2.33. The van der Waals surface area contributed by atoms with Crippen LogP contribution >= 0.6 is 0 Å². The number of aromatic nitrogens is 1. The summed E-state index contributed by atoms with van der Waals surface area (Å²) in [5.41, 5.74) is 8.51. The van der Waals surface area contributed by atoms with Crippen LogP contribution in [0.3, 0.4) is 0 Å². The Morgan fingerprint density at radius 2 is 2.11 bits per heavy atom. The Bertz CT molecular complexity index is 604. The lowest BCUT2D eigenvalue weighted by Crippen LogP contribution is -2.23. The Kier molecular flexibility index (Phi) is 2.94. The molecular weight excluding hydrogens is 234 g/mol. The fraction of sp³-hybridized carbons (Fsp3) is 0.438. The van der Waals surface area contributed by atoms with Gasteiger partial charge in [-0.15, -0.1) is 0 Å². The van der Waals surface area contributed by atoms with Crippen LogP contribution < -0.4 is 10.6 Å². The molecule has 0 aliphatic carbocycles. The van der Waals surface area contributed by atoms with Gasteiger partial charge in [-0.2, -0.15) is 0 Å². The van der Waals surface area contributed by atoms with E-state index >= 15 is 0 Å². The molecule has 1 fully saturated rings. The molecule has 2 heterocycles. The van der Waals surface area contributed by atoms with Gasteiger partial charge in [0.2, 0.25) is 0 Å². The van der Waals surface area contributed by atoms with Crippen molar-refractivity contribution in [1.29, 1.82) is 0 Å². The lowest BCUT2D eigenvalue weighted by molar-refractivity contribution is 0.418. The molecule has 1 aromatic carbocycles. The maximum absolute atomic E-state index is 5.89. The normalized spacial score (nSPS) is 18.2. The SMILES string of the molecule is CC1(C)CCN(c2cc(CN)c3ccccc3n2)C1. The zero-order valence-electron chi connectivity index (χ0n) is 11.7. The maximum atomic E-state index is 5.89. The van der Waals surface area contributed by atoms with Crippen LogP contribution in [0, 0.1) is 5.41 Å². The zero-order valence-corrected chi connectivity index (χ0v) is 11.7. The first-order valence-corrected chi connectivity index (χ1v) is 6.93. The summed E-state index contributed by atoms with van der Waals surface area (Å²) in [5.74, 6) is 1.07. The second kappa shape index (κ2) is 4.49. The summed E-state index contributed by atoms with van der Waals surface area (Å²) in [6.07, 6.45) is 1.22. The minimum atomic E-state index is 0.385. The predicted octanol–water partition coefficient (Wildman–Crippen LogP) is 2.93. The number of nitrogens with zero attached hydrogens (tertiary/aromatic N) is 2. The summed E-state index contributed by atoms with van der Waals surface area (Å²) in [6, 6.07) is 10.4. The first-order chi connectivity index (χ1) is 9.09. The van der Waals surface area contributed by atoms with Crippen LogP contribution in [-0.4, -0.2) is 18.1 Å². The molecular formula is C16H21N3. The second-order valence-corrected chi connectivity index (χ2v) is 6.20. The summed E-state index contributed by atoms with van der Waals surface area (Å²) >= 11 is 0. The van der Waals surface area contributed by atoms with Crippen LogP contribution in [0.25, 0.3) is 10.9 Å². The van der Waals surface area contributed by atoms with Gasteiger partial charge in [0.15, 0.2) is 0 Å². The monoisotopic (exact) mass is 255 g/mol. The van der Waals surface area contributed by atoms with Crippen molar-refractivity contribution < 1.29 is 0 Å². The quantitative estimate of drug-likeness (QED) is 0.897. The molecule has 19 heavy (non-hydrogen) atoms. The van der Waals surface area contributed by atoms with E-state index in [1.54, 1.807) is 0 Å². The van der Waals surface area contributed by atoms with Crippen LogP contribution in [-0.2, 0) is 6.54 Å². The molecule has 0 amide bonds. The lowest BCUT2D eigenvalue weighted by atomic mass is 9.93. The summed E-state index contributed by atoms with van der Waals surface area (Å²) in [7, 11) is 0. The van der Waals surface area contributed by atoms with E-state index in [-0.39, 0.29) is 0 Å². The highest BCUT2D eigenvalue weighted by molar-refractivity contribution is 5.84. The van der Waals surface area contributed by atoms with Gasteiger partial charge in [-0.25, -0.2) is 4.98 Å². The number of anilines is 1. The van der Waals surface area contributed by atoms with Crippen LogP contribution in [0.5, 0.6) is 0 Å². The average molecular weight is 255 g/mol. The van der Waals surface area contributed by atoms with Gasteiger partial charge in [0, 0.05) is 25.0 Å². The zero-order chi connectivity index (χ0) is 13.5. The molecule has 0 spiro atoms. The molecule has 0 radical (unpaired) electrons. The van der Waals surface area contributed by atoms with E-state index in [9.17, 15) is 0 Å². The molecule has 1 aromatic heterocycles. The van der Waals surface area contributed by atoms with Gasteiger partial charge in [0.05, 0.1) is 5.52 Å². The van der Waals surface area contributed by atoms with Gasteiger partial charge < -0.3 is 10.6 Å². The Labute approximate surface area is 114 Å². The summed E-state index contributed by atoms with van der Waals surface area (Å²) in [5, 5.41) is 1.17. The van der Waals surface area contributed by atoms with Crippen molar-refractivity contribution in [2.24, 2.45) is 11.1 Å². The van der Waals surface area contributed by atoms with Crippen LogP contribution in [0.4, 0.5) is 5.82 Å². The van der Waals surface area contributed by atoms with Crippen LogP contribution in [0.1, 0.15) is 25.8 Å². The van der Waals surface area contributed by atoms with Crippen molar-refractivity contribution in [1.82, 2.24) is 4.98 Å². The summed E-state index contributed by atoms with van der Waals surface area (Å²) in [6.45, 7) is 7.35. The molecule has 0 atom stereocenters. The van der Waals surface area contributed by atoms with Crippen LogP contribution in [0.15, 0.2) is 30.3 Å². The highest BCUT2D eigenvalue weighted by Gasteiger charge is 2.30. The lowest BCUT2D eigenvalue weighted by Gasteiger charge is -2.21. The number of fused-ring (bicyclic) bond motifs is 1. The molecule has 0 saturated carbocycles. The van der Waals surface area contributed by atoms with Gasteiger partial charge in [-0.1, -0.05) is 32.0 Å². The molecule has 1 aliphatic heterocycles. The van der Waals surface area contributed by atoms with Gasteiger partial charge >= 0.3 is 0 Å². The molecule has 100 valence electrons. The predicted molar refractivity (Wildman–Crippen MR) is 80.2 cm³/mol. The van der Waals surface area contributed by atoms with E-state index < -0.39 is 0 Å². The third-order valence-corrected chi connectivity index (χ3v) is 4.01. The number of nitrogens with two attached hydrogens (primary N) is 1. The van der Waals surface area contributed by atoms with Crippen molar-refractivity contribution in [3.8, 4) is 0 Å². The average Bonchev–Trinajstić information content (AvgIpc) is 2.78. The van der Waals surface area contributed by atoms with Gasteiger partial charge in [0.1, 0.15) is 5.82 Å². The Hall–Kier alpha value is -1.61. The Balaban J connectivity index is 2.05. The van der Waals surface area contributed by atoms with E-state index in [1.165, 1.54) is 17.4 Å². The topological polar surface area (TPSA) is 42.1 Å². The van der Waals surface area contributed by atoms with Crippen molar-refractivity contribution >= 4 is 16.7 Å². The van der Waals surface area contributed by atoms with Crippen molar-refractivity contribution in [3.05, 3.63) is 35.9 Å². The molecule has 0 unspecified atom stereocenters. The van der Waals surface area contributed by atoms with Crippen molar-refractivity contribution in [2.45, 2.75) is 26.8 Å². The van der Waals surface area contributed by atoms with E-state index in [2.05, 4.69) is 36.9 Å². The number of rotatable bonds is 2. The minimum absolute atomic E-state index is 0.385. The van der Waals surface area contributed by atoms with Crippen LogP contribution in [0.2, 0.25) is 0 Å². The first-order valence-electron chi connectivity index (χ1n) is 6.93. The van der Waals surface area contributed by atoms with E-state index in [0.717, 1.165) is 24.4 Å². The molecule has 2 N–H and O–H groups in total. The van der Waals surface area contributed by atoms with Crippen molar-refractivity contribution in [2.75, 3.05) is 18.0 Å². The maximum Gasteiger partial charge on any atom is 0.129 e. The summed E-state index contributed by atoms with van der Waals surface area (Å²) in [4.78, 5) is 7.18. The number of benzene rings is 1. The number of hydrogen-bond acceptors (Lipinski definition) is 3. The van der Waals surface area contributed by atoms with Gasteiger partial charge in [-0.3, -0.25) is 0 Å². The van der Waals surface area contributed by atoms with E-state index in [4.69, 9.17) is 10.7 Å². The molecule has 1 saturated heterocycles. The third-order valence-electron chi connectivity index (χ3n) is 4.01. The fourth-order valence-electron chi connectivity index (χ4n) is 2.87. The molecule has 0 bridgehead atoms. The minimum Gasteiger partial charge on any atom is -0.356 e. The highest BCUT2D eigenvalue weighted by atomic mass is 15.2. The Morgan fingerprint density at radius 1 is 1.32 bits per heavy atom. The standard InChI is InChI=1S/C16H21N3/c1-16(2)7-8-19(11-16)15-9-12(10-17)13-5-3-4-6-14(13)18-15/h3-6,9H,7-8,10-11,17H2,1-2H3. The number of hydrogen-bond donors (Lipinski definition) is 1. The van der Waals surface area contributed by atoms with Crippen molar-refractivity contribution in [3.63, 3.8) is 0 Å². The first kappa shape index (κ1) is 12.4. The van der Waals surface area contributed by atoms with Gasteiger partial charge in [-0.05, 0) is 29.5 Å². The van der Waals surface area contributed by atoms with E-state index in [0.29, 0.717) is 12.0 Å². The number of para-hydroxylation sites is 1. The largest absolute Gasteiger partial charge is 0.356 e. The third kappa shape index (κ3) is 2.30. The van der Waals surface area contributed by atoms with Gasteiger partial charge in [0.25, 0.3) is 0 Å². The smallest absolute Gasteiger partial charge is 0.129 e. The number of pyridine rings is 1. The summed E-state index contributed by atoms with van der Waals surface area (Å²) < 4.78 is 0. The molecule has 3 rings (SSSR count). The molecule has 3 nitrogen and oxygen atoms in total.